The molecular formula is C20H24N2O2. The van der Waals surface area contributed by atoms with Gasteiger partial charge in [0, 0.05) is 24.8 Å². The molecule has 1 unspecified atom stereocenters. The molecule has 126 valence electrons. The molecule has 4 rings (SSSR count). The van der Waals surface area contributed by atoms with Gasteiger partial charge in [0.05, 0.1) is 0 Å². The Morgan fingerprint density at radius 2 is 1.96 bits per heavy atom. The fourth-order valence-electron chi connectivity index (χ4n) is 3.42. The summed E-state index contributed by atoms with van der Waals surface area (Å²) < 4.78 is 10.8. The van der Waals surface area contributed by atoms with Gasteiger partial charge < -0.3 is 20.1 Å². The number of aryl methyl sites for hydroxylation is 1. The molecule has 4 heteroatoms. The highest BCUT2D eigenvalue weighted by atomic mass is 16.7. The van der Waals surface area contributed by atoms with Crippen LogP contribution >= 0.6 is 0 Å². The fraction of sp³-hybridized carbons (Fsp3) is 0.400. The maximum absolute atomic E-state index is 5.44. The lowest BCUT2D eigenvalue weighted by atomic mass is 9.98. The summed E-state index contributed by atoms with van der Waals surface area (Å²) in [5.41, 5.74) is 5.40. The van der Waals surface area contributed by atoms with Gasteiger partial charge in [0.25, 0.3) is 0 Å². The van der Waals surface area contributed by atoms with E-state index in [1.54, 1.807) is 0 Å². The number of nitrogens with one attached hydrogen (secondary N) is 2. The minimum absolute atomic E-state index is 0.329. The van der Waals surface area contributed by atoms with Crippen LogP contribution in [0, 0.1) is 0 Å². The quantitative estimate of drug-likeness (QED) is 0.883. The van der Waals surface area contributed by atoms with Crippen molar-refractivity contribution in [3.8, 4) is 11.5 Å². The molecule has 0 aromatic heterocycles. The van der Waals surface area contributed by atoms with Crippen LogP contribution < -0.4 is 20.1 Å². The Morgan fingerprint density at radius 1 is 1.08 bits per heavy atom. The molecule has 0 saturated heterocycles. The summed E-state index contributed by atoms with van der Waals surface area (Å²) in [6.45, 7) is 4.50. The number of anilines is 1. The maximum Gasteiger partial charge on any atom is 0.231 e. The Bertz CT molecular complexity index is 730. The predicted octanol–water partition coefficient (Wildman–Crippen LogP) is 3.49. The SMILES string of the molecule is CC(Cc1ccc2c(c1)CCCN2)NCc1ccc2c(c1)OCO2. The first kappa shape index (κ1) is 15.3. The molecule has 0 spiro atoms. The Morgan fingerprint density at radius 3 is 2.92 bits per heavy atom. The van der Waals surface area contributed by atoms with Gasteiger partial charge in [0.15, 0.2) is 11.5 Å². The van der Waals surface area contributed by atoms with Crippen LogP contribution in [0.5, 0.6) is 11.5 Å². The second-order valence-corrected chi connectivity index (χ2v) is 6.70. The van der Waals surface area contributed by atoms with Gasteiger partial charge in [-0.15, -0.1) is 0 Å². The highest BCUT2D eigenvalue weighted by molar-refractivity contribution is 5.54. The average molecular weight is 324 g/mol. The van der Waals surface area contributed by atoms with Crippen molar-refractivity contribution in [2.24, 2.45) is 0 Å². The summed E-state index contributed by atoms with van der Waals surface area (Å²) >= 11 is 0. The number of benzene rings is 2. The molecule has 4 nitrogen and oxygen atoms in total. The molecule has 2 heterocycles. The van der Waals surface area contributed by atoms with Crippen molar-refractivity contribution in [2.75, 3.05) is 18.7 Å². The third-order valence-corrected chi connectivity index (χ3v) is 4.74. The molecule has 2 N–H and O–H groups in total. The molecule has 2 aromatic carbocycles. The van der Waals surface area contributed by atoms with Gasteiger partial charge in [0.1, 0.15) is 0 Å². The van der Waals surface area contributed by atoms with Crippen molar-refractivity contribution in [1.82, 2.24) is 5.32 Å². The molecule has 0 radical (unpaired) electrons. The van der Waals surface area contributed by atoms with Crippen LogP contribution in [-0.4, -0.2) is 19.4 Å². The summed E-state index contributed by atoms with van der Waals surface area (Å²) in [6, 6.07) is 13.4. The molecule has 0 bridgehead atoms. The minimum atomic E-state index is 0.329. The van der Waals surface area contributed by atoms with Gasteiger partial charge in [-0.1, -0.05) is 18.2 Å². The third-order valence-electron chi connectivity index (χ3n) is 4.74. The summed E-state index contributed by atoms with van der Waals surface area (Å²) in [5, 5.41) is 7.08. The van der Waals surface area contributed by atoms with E-state index in [2.05, 4.69) is 47.9 Å². The van der Waals surface area contributed by atoms with Crippen LogP contribution in [0.3, 0.4) is 0 Å². The second kappa shape index (κ2) is 6.73. The lowest BCUT2D eigenvalue weighted by Crippen LogP contribution is -2.27. The smallest absolute Gasteiger partial charge is 0.231 e. The van der Waals surface area contributed by atoms with Crippen LogP contribution in [0.1, 0.15) is 30.0 Å². The van der Waals surface area contributed by atoms with Gasteiger partial charge >= 0.3 is 0 Å². The monoisotopic (exact) mass is 324 g/mol. The van der Waals surface area contributed by atoms with Crippen LogP contribution in [0.2, 0.25) is 0 Å². The van der Waals surface area contributed by atoms with E-state index in [1.807, 2.05) is 6.07 Å². The van der Waals surface area contributed by atoms with E-state index in [4.69, 9.17) is 9.47 Å². The lowest BCUT2D eigenvalue weighted by Gasteiger charge is -2.20. The first-order valence-electron chi connectivity index (χ1n) is 8.75. The first-order chi connectivity index (χ1) is 11.8. The molecule has 0 saturated carbocycles. The fourth-order valence-corrected chi connectivity index (χ4v) is 3.42. The van der Waals surface area contributed by atoms with E-state index in [9.17, 15) is 0 Å². The normalized spacial score (nSPS) is 16.4. The van der Waals surface area contributed by atoms with E-state index in [1.165, 1.54) is 35.2 Å². The molecular weight excluding hydrogens is 300 g/mol. The van der Waals surface area contributed by atoms with Gasteiger partial charge in [-0.3, -0.25) is 0 Å². The molecule has 2 aliphatic heterocycles. The number of fused-ring (bicyclic) bond motifs is 2. The Labute approximate surface area is 143 Å². The zero-order valence-electron chi connectivity index (χ0n) is 14.1. The topological polar surface area (TPSA) is 42.5 Å². The zero-order valence-corrected chi connectivity index (χ0v) is 14.1. The van der Waals surface area contributed by atoms with Crippen LogP contribution in [-0.2, 0) is 19.4 Å². The van der Waals surface area contributed by atoms with E-state index in [-0.39, 0.29) is 0 Å². The summed E-state index contributed by atoms with van der Waals surface area (Å²) in [6.07, 6.45) is 3.46. The van der Waals surface area contributed by atoms with Gasteiger partial charge in [-0.2, -0.15) is 0 Å². The summed E-state index contributed by atoms with van der Waals surface area (Å²) in [5.74, 6) is 1.69. The van der Waals surface area contributed by atoms with Gasteiger partial charge in [0.2, 0.25) is 6.79 Å². The van der Waals surface area contributed by atoms with E-state index in [0.29, 0.717) is 12.8 Å². The maximum atomic E-state index is 5.44. The number of hydrogen-bond donors (Lipinski definition) is 2. The van der Waals surface area contributed by atoms with Crippen molar-refractivity contribution >= 4 is 5.69 Å². The lowest BCUT2D eigenvalue weighted by molar-refractivity contribution is 0.174. The van der Waals surface area contributed by atoms with Gasteiger partial charge in [-0.25, -0.2) is 0 Å². The Hall–Kier alpha value is -2.20. The van der Waals surface area contributed by atoms with Crippen molar-refractivity contribution in [1.29, 1.82) is 0 Å². The van der Waals surface area contributed by atoms with Crippen LogP contribution in [0.4, 0.5) is 5.69 Å². The number of ether oxygens (including phenoxy) is 2. The van der Waals surface area contributed by atoms with Crippen molar-refractivity contribution in [2.45, 2.75) is 38.8 Å². The van der Waals surface area contributed by atoms with Crippen LogP contribution in [0.15, 0.2) is 36.4 Å². The van der Waals surface area contributed by atoms with Crippen molar-refractivity contribution in [3.05, 3.63) is 53.1 Å². The molecule has 1 atom stereocenters. The highest BCUT2D eigenvalue weighted by Gasteiger charge is 2.14. The predicted molar refractivity (Wildman–Crippen MR) is 95.8 cm³/mol. The van der Waals surface area contributed by atoms with Crippen molar-refractivity contribution < 1.29 is 9.47 Å². The Balaban J connectivity index is 1.34. The average Bonchev–Trinajstić information content (AvgIpc) is 3.07. The largest absolute Gasteiger partial charge is 0.454 e. The number of hydrogen-bond acceptors (Lipinski definition) is 4. The minimum Gasteiger partial charge on any atom is -0.454 e. The van der Waals surface area contributed by atoms with E-state index < -0.39 is 0 Å². The van der Waals surface area contributed by atoms with Crippen molar-refractivity contribution in [3.63, 3.8) is 0 Å². The highest BCUT2D eigenvalue weighted by Crippen LogP contribution is 2.32. The summed E-state index contributed by atoms with van der Waals surface area (Å²) in [4.78, 5) is 0. The molecule has 24 heavy (non-hydrogen) atoms. The first-order valence-corrected chi connectivity index (χ1v) is 8.75. The van der Waals surface area contributed by atoms with Gasteiger partial charge in [-0.05, 0) is 61.1 Å². The Kier molecular flexibility index (Phi) is 4.30. The standard InChI is InChI=1S/C20H24N2O2/c1-14(9-15-4-6-18-17(10-15)3-2-8-21-18)22-12-16-5-7-19-20(11-16)24-13-23-19/h4-7,10-11,14,21-22H,2-3,8-9,12-13H2,1H3. The molecule has 2 aliphatic rings. The molecule has 2 aromatic rings. The summed E-state index contributed by atoms with van der Waals surface area (Å²) in [7, 11) is 0. The van der Waals surface area contributed by atoms with E-state index >= 15 is 0 Å². The third kappa shape index (κ3) is 3.34. The zero-order chi connectivity index (χ0) is 16.4. The molecule has 0 fully saturated rings. The molecule has 0 amide bonds. The van der Waals surface area contributed by atoms with E-state index in [0.717, 1.165) is 31.0 Å². The number of rotatable bonds is 5. The van der Waals surface area contributed by atoms with Crippen LogP contribution in [0.25, 0.3) is 0 Å². The molecule has 0 aliphatic carbocycles. The second-order valence-electron chi connectivity index (χ2n) is 6.70.